The minimum absolute atomic E-state index is 0.146. The van der Waals surface area contributed by atoms with Crippen LogP contribution in [0.15, 0.2) is 10.6 Å². The molecule has 14 heavy (non-hydrogen) atoms. The van der Waals surface area contributed by atoms with E-state index in [4.69, 9.17) is 11.6 Å². The van der Waals surface area contributed by atoms with E-state index >= 15 is 0 Å². The van der Waals surface area contributed by atoms with Crippen molar-refractivity contribution in [2.75, 3.05) is 27.7 Å². The minimum atomic E-state index is -1.18. The Hall–Kier alpha value is -0.540. The Balaban J connectivity index is 4.03. The van der Waals surface area contributed by atoms with Crippen molar-refractivity contribution in [3.63, 3.8) is 0 Å². The van der Waals surface area contributed by atoms with Crippen molar-refractivity contribution < 1.29 is 14.4 Å². The van der Waals surface area contributed by atoms with Gasteiger partial charge in [0.2, 0.25) is 0 Å². The SMILES string of the molecule is CC(C(=O)[O-])=C(Cl)CCC[N+](C)(C)C. The van der Waals surface area contributed by atoms with Crippen molar-refractivity contribution in [1.29, 1.82) is 0 Å². The molecule has 3 nitrogen and oxygen atoms in total. The van der Waals surface area contributed by atoms with Gasteiger partial charge in [0.15, 0.2) is 0 Å². The van der Waals surface area contributed by atoms with Gasteiger partial charge in [-0.15, -0.1) is 0 Å². The molecule has 0 fully saturated rings. The van der Waals surface area contributed by atoms with Gasteiger partial charge in [-0.05, 0) is 18.9 Å². The predicted octanol–water partition coefficient (Wildman–Crippen LogP) is 0.736. The summed E-state index contributed by atoms with van der Waals surface area (Å²) in [5.41, 5.74) is 0.146. The summed E-state index contributed by atoms with van der Waals surface area (Å²) in [5.74, 6) is -1.18. The summed E-state index contributed by atoms with van der Waals surface area (Å²) >= 11 is 5.81. The molecule has 0 rings (SSSR count). The number of allylic oxidation sites excluding steroid dienone is 1. The van der Waals surface area contributed by atoms with Crippen molar-refractivity contribution in [2.45, 2.75) is 19.8 Å². The van der Waals surface area contributed by atoms with Crippen molar-refractivity contribution >= 4 is 17.6 Å². The number of halogens is 1. The summed E-state index contributed by atoms with van der Waals surface area (Å²) in [6.07, 6.45) is 1.49. The van der Waals surface area contributed by atoms with Crippen LogP contribution in [0.4, 0.5) is 0 Å². The van der Waals surface area contributed by atoms with Gasteiger partial charge in [0.05, 0.1) is 33.7 Å². The molecule has 0 aromatic rings. The minimum Gasteiger partial charge on any atom is -0.545 e. The largest absolute Gasteiger partial charge is 0.545 e. The Labute approximate surface area is 90.6 Å². The predicted molar refractivity (Wildman–Crippen MR) is 55.7 cm³/mol. The van der Waals surface area contributed by atoms with Gasteiger partial charge in [0, 0.05) is 11.5 Å². The molecule has 0 atom stereocenters. The number of hydrogen-bond acceptors (Lipinski definition) is 2. The van der Waals surface area contributed by atoms with Crippen LogP contribution in [-0.2, 0) is 4.79 Å². The molecule has 0 unspecified atom stereocenters. The number of carbonyl (C=O) groups is 1. The summed E-state index contributed by atoms with van der Waals surface area (Å²) in [6.45, 7) is 2.44. The standard InChI is InChI=1S/C10H18ClNO2/c1-8(10(13)14)9(11)6-5-7-12(2,3)4/h5-7H2,1-4H3. The number of carbonyl (C=O) groups excluding carboxylic acids is 1. The Bertz CT molecular complexity index is 241. The monoisotopic (exact) mass is 219 g/mol. The zero-order valence-electron chi connectivity index (χ0n) is 9.26. The number of rotatable bonds is 5. The lowest BCUT2D eigenvalue weighted by atomic mass is 10.2. The van der Waals surface area contributed by atoms with E-state index in [0.717, 1.165) is 17.4 Å². The lowest BCUT2D eigenvalue weighted by Gasteiger charge is -2.23. The average molecular weight is 220 g/mol. The molecular weight excluding hydrogens is 202 g/mol. The number of carboxylic acid groups (broad SMARTS) is 1. The molecule has 82 valence electrons. The van der Waals surface area contributed by atoms with Crippen LogP contribution in [0.1, 0.15) is 19.8 Å². The maximum atomic E-state index is 10.4. The molecular formula is C10H18ClNO2. The lowest BCUT2D eigenvalue weighted by molar-refractivity contribution is -0.870. The van der Waals surface area contributed by atoms with Crippen LogP contribution in [0.25, 0.3) is 0 Å². The van der Waals surface area contributed by atoms with E-state index in [1.165, 1.54) is 6.92 Å². The van der Waals surface area contributed by atoms with Crippen LogP contribution in [0.2, 0.25) is 0 Å². The van der Waals surface area contributed by atoms with E-state index < -0.39 is 5.97 Å². The van der Waals surface area contributed by atoms with Crippen molar-refractivity contribution in [3.8, 4) is 0 Å². The third-order valence-corrected chi connectivity index (χ3v) is 2.41. The molecule has 0 bridgehead atoms. The molecule has 0 radical (unpaired) electrons. The first kappa shape index (κ1) is 13.5. The maximum absolute atomic E-state index is 10.4. The quantitative estimate of drug-likeness (QED) is 0.506. The zero-order valence-corrected chi connectivity index (χ0v) is 10.0. The lowest BCUT2D eigenvalue weighted by Crippen LogP contribution is -2.35. The third-order valence-electron chi connectivity index (χ3n) is 1.94. The number of aliphatic carboxylic acids is 1. The molecule has 0 amide bonds. The molecule has 0 aromatic heterocycles. The number of carboxylic acids is 1. The fourth-order valence-corrected chi connectivity index (χ4v) is 1.22. The van der Waals surface area contributed by atoms with Crippen molar-refractivity contribution in [3.05, 3.63) is 10.6 Å². The highest BCUT2D eigenvalue weighted by Crippen LogP contribution is 2.15. The first-order valence-corrected chi connectivity index (χ1v) is 4.99. The topological polar surface area (TPSA) is 40.1 Å². The zero-order chi connectivity index (χ0) is 11.4. The van der Waals surface area contributed by atoms with Crippen LogP contribution in [0.5, 0.6) is 0 Å². The maximum Gasteiger partial charge on any atom is 0.0783 e. The smallest absolute Gasteiger partial charge is 0.0783 e. The molecule has 0 spiro atoms. The average Bonchev–Trinajstić information content (AvgIpc) is 2.00. The van der Waals surface area contributed by atoms with Crippen LogP contribution >= 0.6 is 11.6 Å². The highest BCUT2D eigenvalue weighted by atomic mass is 35.5. The molecule has 0 aliphatic rings. The molecule has 0 aromatic carbocycles. The number of hydrogen-bond donors (Lipinski definition) is 0. The van der Waals surface area contributed by atoms with Gasteiger partial charge in [0.1, 0.15) is 0 Å². The highest BCUT2D eigenvalue weighted by molar-refractivity contribution is 6.31. The summed E-state index contributed by atoms with van der Waals surface area (Å²) in [6, 6.07) is 0. The molecule has 0 N–H and O–H groups in total. The fraction of sp³-hybridized carbons (Fsp3) is 0.700. The second kappa shape index (κ2) is 5.37. The second-order valence-electron chi connectivity index (χ2n) is 4.43. The molecule has 0 saturated heterocycles. The van der Waals surface area contributed by atoms with Gasteiger partial charge < -0.3 is 14.4 Å². The van der Waals surface area contributed by atoms with Crippen molar-refractivity contribution in [2.24, 2.45) is 0 Å². The number of nitrogens with zero attached hydrogens (tertiary/aromatic N) is 1. The number of quaternary nitrogens is 1. The van der Waals surface area contributed by atoms with E-state index in [9.17, 15) is 9.90 Å². The van der Waals surface area contributed by atoms with E-state index in [1.54, 1.807) is 0 Å². The molecule has 0 aliphatic heterocycles. The Kier molecular flexibility index (Phi) is 5.16. The van der Waals surface area contributed by atoms with Crippen LogP contribution in [0, 0.1) is 0 Å². The van der Waals surface area contributed by atoms with E-state index in [0.29, 0.717) is 11.5 Å². The summed E-state index contributed by atoms with van der Waals surface area (Å²) in [7, 11) is 6.26. The van der Waals surface area contributed by atoms with Gasteiger partial charge in [-0.1, -0.05) is 11.6 Å². The highest BCUT2D eigenvalue weighted by Gasteiger charge is 2.07. The van der Waals surface area contributed by atoms with Gasteiger partial charge in [-0.2, -0.15) is 0 Å². The van der Waals surface area contributed by atoms with E-state index in [2.05, 4.69) is 21.1 Å². The summed E-state index contributed by atoms with van der Waals surface area (Å²) in [5, 5.41) is 10.8. The fourth-order valence-electron chi connectivity index (χ4n) is 1.01. The Morgan fingerprint density at radius 2 is 1.86 bits per heavy atom. The van der Waals surface area contributed by atoms with Crippen LogP contribution in [0.3, 0.4) is 0 Å². The normalized spacial score (nSPS) is 13.8. The molecule has 0 aliphatic carbocycles. The Morgan fingerprint density at radius 1 is 1.36 bits per heavy atom. The summed E-state index contributed by atoms with van der Waals surface area (Å²) < 4.78 is 0.856. The third kappa shape index (κ3) is 6.00. The Morgan fingerprint density at radius 3 is 2.21 bits per heavy atom. The summed E-state index contributed by atoms with van der Waals surface area (Å²) in [4.78, 5) is 10.4. The second-order valence-corrected chi connectivity index (χ2v) is 4.89. The first-order chi connectivity index (χ1) is 6.24. The molecule has 0 saturated carbocycles. The van der Waals surface area contributed by atoms with Crippen LogP contribution < -0.4 is 5.11 Å². The van der Waals surface area contributed by atoms with Gasteiger partial charge in [-0.3, -0.25) is 0 Å². The van der Waals surface area contributed by atoms with Crippen molar-refractivity contribution in [1.82, 2.24) is 0 Å². The van der Waals surface area contributed by atoms with Gasteiger partial charge >= 0.3 is 0 Å². The van der Waals surface area contributed by atoms with Gasteiger partial charge in [0.25, 0.3) is 0 Å². The van der Waals surface area contributed by atoms with E-state index in [-0.39, 0.29) is 5.57 Å². The molecule has 4 heteroatoms. The first-order valence-electron chi connectivity index (χ1n) is 4.61. The van der Waals surface area contributed by atoms with Crippen LogP contribution in [-0.4, -0.2) is 38.1 Å². The van der Waals surface area contributed by atoms with E-state index in [1.807, 2.05) is 0 Å². The van der Waals surface area contributed by atoms with Gasteiger partial charge in [-0.25, -0.2) is 0 Å². The molecule has 0 heterocycles.